The van der Waals surface area contributed by atoms with Gasteiger partial charge in [-0.1, -0.05) is 18.2 Å². The first-order valence-electron chi connectivity index (χ1n) is 7.62. The van der Waals surface area contributed by atoms with Crippen LogP contribution in [0.2, 0.25) is 0 Å². The Labute approximate surface area is 140 Å². The van der Waals surface area contributed by atoms with Crippen molar-refractivity contribution in [2.75, 3.05) is 0 Å². The van der Waals surface area contributed by atoms with E-state index in [2.05, 4.69) is 0 Å². The van der Waals surface area contributed by atoms with Crippen molar-refractivity contribution in [3.05, 3.63) is 59.7 Å². The number of phenols is 3. The maximum atomic E-state index is 11.8. The number of esters is 1. The van der Waals surface area contributed by atoms with Crippen molar-refractivity contribution < 1.29 is 24.9 Å². The summed E-state index contributed by atoms with van der Waals surface area (Å²) in [6, 6.07) is 11.2. The molecule has 0 heterocycles. The topological polar surface area (TPSA) is 87.0 Å². The fourth-order valence-corrected chi connectivity index (χ4v) is 2.14. The van der Waals surface area contributed by atoms with Crippen LogP contribution < -0.4 is 0 Å². The molecule has 0 spiro atoms. The van der Waals surface area contributed by atoms with Gasteiger partial charge in [0.05, 0.1) is 6.10 Å². The zero-order chi connectivity index (χ0) is 17.5. The number of phenolic OH excluding ortho intramolecular Hbond substituents is 3. The summed E-state index contributed by atoms with van der Waals surface area (Å²) in [5, 5.41) is 27.9. The summed E-state index contributed by atoms with van der Waals surface area (Å²) in [5.74, 6) is -0.699. The second-order valence-electron chi connectivity index (χ2n) is 5.53. The average molecular weight is 328 g/mol. The van der Waals surface area contributed by atoms with E-state index in [4.69, 9.17) is 4.74 Å². The summed E-state index contributed by atoms with van der Waals surface area (Å²) in [7, 11) is 0. The molecule has 0 aliphatic carbocycles. The van der Waals surface area contributed by atoms with Gasteiger partial charge in [-0.25, -0.2) is 4.79 Å². The molecule has 3 N–H and O–H groups in total. The highest BCUT2D eigenvalue weighted by Gasteiger charge is 2.07. The molecule has 0 fully saturated rings. The van der Waals surface area contributed by atoms with E-state index in [1.54, 1.807) is 18.2 Å². The lowest BCUT2D eigenvalue weighted by molar-refractivity contribution is -0.142. The molecule has 126 valence electrons. The smallest absolute Gasteiger partial charge is 0.331 e. The lowest BCUT2D eigenvalue weighted by atomic mass is 10.1. The quantitative estimate of drug-likeness (QED) is 0.430. The molecular formula is C19H20O5. The van der Waals surface area contributed by atoms with Gasteiger partial charge in [0.2, 0.25) is 0 Å². The van der Waals surface area contributed by atoms with Crippen LogP contribution in [0.25, 0.3) is 6.08 Å². The van der Waals surface area contributed by atoms with Gasteiger partial charge in [0.25, 0.3) is 0 Å². The molecule has 0 aliphatic rings. The van der Waals surface area contributed by atoms with E-state index in [0.717, 1.165) is 12.0 Å². The van der Waals surface area contributed by atoms with Crippen LogP contribution >= 0.6 is 0 Å². The third kappa shape index (κ3) is 5.35. The van der Waals surface area contributed by atoms with Crippen molar-refractivity contribution in [2.24, 2.45) is 0 Å². The van der Waals surface area contributed by atoms with Gasteiger partial charge >= 0.3 is 5.97 Å². The molecule has 2 aromatic rings. The number of hydrogen-bond acceptors (Lipinski definition) is 5. The molecule has 0 saturated carbocycles. The Balaban J connectivity index is 1.81. The van der Waals surface area contributed by atoms with Gasteiger partial charge in [-0.3, -0.25) is 0 Å². The Morgan fingerprint density at radius 1 is 1.08 bits per heavy atom. The molecule has 0 amide bonds. The van der Waals surface area contributed by atoms with E-state index >= 15 is 0 Å². The Bertz CT molecular complexity index is 719. The van der Waals surface area contributed by atoms with Gasteiger partial charge in [0.15, 0.2) is 11.5 Å². The minimum atomic E-state index is -0.472. The monoisotopic (exact) mass is 328 g/mol. The third-order valence-corrected chi connectivity index (χ3v) is 3.50. The molecule has 0 aliphatic heterocycles. The minimum absolute atomic E-state index is 0.211. The van der Waals surface area contributed by atoms with Crippen molar-refractivity contribution in [2.45, 2.75) is 25.9 Å². The van der Waals surface area contributed by atoms with Gasteiger partial charge < -0.3 is 20.1 Å². The predicted octanol–water partition coefficient (Wildman–Crippen LogP) is 3.38. The number of aryl methyl sites for hydroxylation is 1. The second kappa shape index (κ2) is 8.06. The summed E-state index contributed by atoms with van der Waals surface area (Å²) < 4.78 is 5.28. The van der Waals surface area contributed by atoms with Gasteiger partial charge in [-0.05, 0) is 61.2 Å². The maximum absolute atomic E-state index is 11.8. The fraction of sp³-hybridized carbons (Fsp3) is 0.211. The van der Waals surface area contributed by atoms with Crippen LogP contribution in [0, 0.1) is 0 Å². The molecular weight excluding hydrogens is 308 g/mol. The summed E-state index contributed by atoms with van der Waals surface area (Å²) in [6.07, 6.45) is 3.95. The lowest BCUT2D eigenvalue weighted by Gasteiger charge is -2.11. The summed E-state index contributed by atoms with van der Waals surface area (Å²) >= 11 is 0. The molecule has 1 unspecified atom stereocenters. The number of ether oxygens (including phenoxy) is 1. The Kier molecular flexibility index (Phi) is 5.84. The molecule has 24 heavy (non-hydrogen) atoms. The van der Waals surface area contributed by atoms with Crippen LogP contribution in [0.15, 0.2) is 48.5 Å². The van der Waals surface area contributed by atoms with Crippen LogP contribution in [0.4, 0.5) is 0 Å². The normalized spacial score (nSPS) is 12.2. The second-order valence-corrected chi connectivity index (χ2v) is 5.53. The summed E-state index contributed by atoms with van der Waals surface area (Å²) in [4.78, 5) is 11.8. The zero-order valence-corrected chi connectivity index (χ0v) is 13.3. The summed E-state index contributed by atoms with van der Waals surface area (Å²) in [5.41, 5.74) is 1.64. The van der Waals surface area contributed by atoms with E-state index in [1.807, 2.05) is 19.1 Å². The highest BCUT2D eigenvalue weighted by molar-refractivity contribution is 5.87. The molecule has 2 aromatic carbocycles. The molecule has 0 radical (unpaired) electrons. The average Bonchev–Trinajstić information content (AvgIpc) is 2.55. The minimum Gasteiger partial charge on any atom is -0.508 e. The Morgan fingerprint density at radius 3 is 2.46 bits per heavy atom. The van der Waals surface area contributed by atoms with E-state index < -0.39 is 5.97 Å². The molecule has 2 rings (SSSR count). The van der Waals surface area contributed by atoms with Gasteiger partial charge in [0.1, 0.15) is 5.75 Å². The Hall–Kier alpha value is -2.95. The van der Waals surface area contributed by atoms with Crippen molar-refractivity contribution in [3.63, 3.8) is 0 Å². The maximum Gasteiger partial charge on any atom is 0.331 e. The fourth-order valence-electron chi connectivity index (χ4n) is 2.14. The van der Waals surface area contributed by atoms with Crippen LogP contribution in [0.1, 0.15) is 24.5 Å². The van der Waals surface area contributed by atoms with E-state index in [0.29, 0.717) is 12.0 Å². The number of hydrogen-bond donors (Lipinski definition) is 3. The van der Waals surface area contributed by atoms with Crippen LogP contribution in [0.5, 0.6) is 17.2 Å². The Morgan fingerprint density at radius 2 is 1.79 bits per heavy atom. The number of benzene rings is 2. The van der Waals surface area contributed by atoms with E-state index in [9.17, 15) is 20.1 Å². The zero-order valence-electron chi connectivity index (χ0n) is 13.3. The predicted molar refractivity (Wildman–Crippen MR) is 90.8 cm³/mol. The van der Waals surface area contributed by atoms with Crippen LogP contribution in [0.3, 0.4) is 0 Å². The lowest BCUT2D eigenvalue weighted by Crippen LogP contribution is -2.13. The first kappa shape index (κ1) is 17.4. The molecule has 0 aromatic heterocycles. The highest BCUT2D eigenvalue weighted by Crippen LogP contribution is 2.25. The van der Waals surface area contributed by atoms with E-state index in [1.165, 1.54) is 24.3 Å². The van der Waals surface area contributed by atoms with Gasteiger partial charge in [0, 0.05) is 6.08 Å². The van der Waals surface area contributed by atoms with Crippen molar-refractivity contribution in [1.29, 1.82) is 0 Å². The number of aromatic hydroxyl groups is 3. The number of carbonyl (C=O) groups excluding carboxylic acids is 1. The van der Waals surface area contributed by atoms with Gasteiger partial charge in [-0.15, -0.1) is 0 Å². The molecule has 1 atom stereocenters. The van der Waals surface area contributed by atoms with Crippen LogP contribution in [-0.2, 0) is 16.0 Å². The molecule has 5 nitrogen and oxygen atoms in total. The molecule has 5 heteroatoms. The van der Waals surface area contributed by atoms with Gasteiger partial charge in [-0.2, -0.15) is 0 Å². The number of rotatable bonds is 6. The largest absolute Gasteiger partial charge is 0.508 e. The SMILES string of the molecule is CC(CCc1ccc(O)cc1)OC(=O)/C=C/c1ccc(O)c(O)c1. The number of carbonyl (C=O) groups is 1. The molecule has 0 bridgehead atoms. The third-order valence-electron chi connectivity index (χ3n) is 3.50. The van der Waals surface area contributed by atoms with Crippen molar-refractivity contribution in [3.8, 4) is 17.2 Å². The van der Waals surface area contributed by atoms with Crippen molar-refractivity contribution in [1.82, 2.24) is 0 Å². The highest BCUT2D eigenvalue weighted by atomic mass is 16.5. The standard InChI is InChI=1S/C19H20O5/c1-13(2-3-14-4-8-16(20)9-5-14)24-19(23)11-7-15-6-10-17(21)18(22)12-15/h4-13,20-22H,2-3H2,1H3/b11-7+. The van der Waals surface area contributed by atoms with Crippen LogP contribution in [-0.4, -0.2) is 27.4 Å². The first-order chi connectivity index (χ1) is 11.4. The summed E-state index contributed by atoms with van der Waals surface area (Å²) in [6.45, 7) is 1.82. The molecule has 0 saturated heterocycles. The van der Waals surface area contributed by atoms with Crippen molar-refractivity contribution >= 4 is 12.0 Å². The van der Waals surface area contributed by atoms with E-state index in [-0.39, 0.29) is 23.4 Å². The first-order valence-corrected chi connectivity index (χ1v) is 7.62.